The Balaban J connectivity index is 2.42. The summed E-state index contributed by atoms with van der Waals surface area (Å²) in [6.07, 6.45) is 10.1. The molecule has 1 aliphatic heterocycles. The van der Waals surface area contributed by atoms with E-state index < -0.39 is 0 Å². The fourth-order valence-corrected chi connectivity index (χ4v) is 1.82. The van der Waals surface area contributed by atoms with E-state index in [0.29, 0.717) is 0 Å². The molecule has 0 saturated heterocycles. The predicted molar refractivity (Wildman–Crippen MR) is 61.4 cm³/mol. The molecule has 0 aliphatic carbocycles. The number of rotatable bonds is 1. The van der Waals surface area contributed by atoms with Crippen molar-refractivity contribution in [3.8, 4) is 0 Å². The summed E-state index contributed by atoms with van der Waals surface area (Å²) >= 11 is 0. The molecule has 2 rings (SSSR count). The number of hydrogen-bond donors (Lipinski definition) is 0. The summed E-state index contributed by atoms with van der Waals surface area (Å²) in [7, 11) is 2.70. The zero-order valence-electron chi connectivity index (χ0n) is 8.09. The second-order valence-electron chi connectivity index (χ2n) is 3.47. The summed E-state index contributed by atoms with van der Waals surface area (Å²) in [6.45, 7) is 2.14. The van der Waals surface area contributed by atoms with E-state index in [1.54, 1.807) is 0 Å². The minimum absolute atomic E-state index is 0.152. The molecule has 0 N–H and O–H groups in total. The summed E-state index contributed by atoms with van der Waals surface area (Å²) in [5.41, 5.74) is 0.899. The lowest BCUT2D eigenvalue weighted by atomic mass is 9.95. The summed E-state index contributed by atoms with van der Waals surface area (Å²) in [5, 5.41) is 0. The van der Waals surface area contributed by atoms with Crippen molar-refractivity contribution >= 4 is 9.39 Å². The topological polar surface area (TPSA) is 16.1 Å². The van der Waals surface area contributed by atoms with Gasteiger partial charge in [0.1, 0.15) is 5.54 Å². The average molecular weight is 204 g/mol. The quantitative estimate of drug-likeness (QED) is 0.653. The van der Waals surface area contributed by atoms with Crippen molar-refractivity contribution in [1.29, 1.82) is 0 Å². The Kier molecular flexibility index (Phi) is 2.39. The number of aromatic nitrogens is 1. The zero-order valence-corrected chi connectivity index (χ0v) is 9.25. The largest absolute Gasteiger partial charge is 0.348 e. The minimum Gasteiger partial charge on any atom is -0.348 e. The van der Waals surface area contributed by atoms with Gasteiger partial charge < -0.3 is 4.67 Å². The van der Waals surface area contributed by atoms with Gasteiger partial charge in [-0.1, -0.05) is 18.2 Å². The van der Waals surface area contributed by atoms with Crippen LogP contribution in [0.15, 0.2) is 48.8 Å². The Labute approximate surface area is 86.6 Å². The number of allylic oxidation sites excluding steroid dienone is 2. The van der Waals surface area contributed by atoms with Crippen molar-refractivity contribution in [2.75, 3.05) is 0 Å². The molecular weight excluding hydrogens is 191 g/mol. The van der Waals surface area contributed by atoms with E-state index in [9.17, 15) is 0 Å². The molecule has 72 valence electrons. The van der Waals surface area contributed by atoms with E-state index in [4.69, 9.17) is 0 Å². The molecule has 1 aromatic heterocycles. The maximum Gasteiger partial charge on any atom is 0.101 e. The van der Waals surface area contributed by atoms with E-state index in [0.717, 1.165) is 5.69 Å². The number of pyridine rings is 1. The van der Waals surface area contributed by atoms with Gasteiger partial charge in [0.15, 0.2) is 0 Å². The first kappa shape index (κ1) is 9.42. The van der Waals surface area contributed by atoms with Crippen molar-refractivity contribution in [2.24, 2.45) is 0 Å². The fourth-order valence-electron chi connectivity index (χ4n) is 1.51. The van der Waals surface area contributed by atoms with Crippen LogP contribution < -0.4 is 0 Å². The lowest BCUT2D eigenvalue weighted by Gasteiger charge is -2.36. The van der Waals surface area contributed by atoms with Crippen molar-refractivity contribution < 1.29 is 0 Å². The van der Waals surface area contributed by atoms with Crippen molar-refractivity contribution in [3.05, 3.63) is 54.5 Å². The standard InChI is InChI=1S/C11H13N2P/c1-11(7-3-5-9-13(11)14)10-6-2-4-8-12-10/h2-9H,14H2,1H3. The third-order valence-corrected chi connectivity index (χ3v) is 3.21. The second-order valence-corrected chi connectivity index (χ2v) is 4.03. The highest BCUT2D eigenvalue weighted by atomic mass is 31.0. The molecule has 0 radical (unpaired) electrons. The van der Waals surface area contributed by atoms with Crippen LogP contribution in [0.25, 0.3) is 0 Å². The Morgan fingerprint density at radius 2 is 2.21 bits per heavy atom. The van der Waals surface area contributed by atoms with E-state index >= 15 is 0 Å². The van der Waals surface area contributed by atoms with Gasteiger partial charge in [0, 0.05) is 12.4 Å². The maximum atomic E-state index is 4.38. The third-order valence-electron chi connectivity index (χ3n) is 2.50. The number of nitrogens with zero attached hydrogens (tertiary/aromatic N) is 2. The molecule has 0 spiro atoms. The van der Waals surface area contributed by atoms with Crippen molar-refractivity contribution in [2.45, 2.75) is 12.5 Å². The molecule has 3 heteroatoms. The molecule has 0 saturated carbocycles. The molecule has 1 aromatic rings. The highest BCUT2D eigenvalue weighted by Gasteiger charge is 2.29. The van der Waals surface area contributed by atoms with E-state index in [-0.39, 0.29) is 5.54 Å². The Bertz CT molecular complexity index is 372. The van der Waals surface area contributed by atoms with Gasteiger partial charge >= 0.3 is 0 Å². The van der Waals surface area contributed by atoms with Gasteiger partial charge in [0.05, 0.1) is 5.69 Å². The average Bonchev–Trinajstić information content (AvgIpc) is 2.24. The van der Waals surface area contributed by atoms with Crippen LogP contribution in [0, 0.1) is 0 Å². The maximum absolute atomic E-state index is 4.38. The van der Waals surface area contributed by atoms with Crippen LogP contribution >= 0.6 is 9.39 Å². The van der Waals surface area contributed by atoms with Gasteiger partial charge in [-0.05, 0) is 34.5 Å². The molecule has 0 aromatic carbocycles. The molecule has 0 bridgehead atoms. The third kappa shape index (κ3) is 1.46. The van der Waals surface area contributed by atoms with Crippen LogP contribution in [0.1, 0.15) is 12.6 Å². The van der Waals surface area contributed by atoms with Crippen LogP contribution in [-0.2, 0) is 5.54 Å². The van der Waals surface area contributed by atoms with Gasteiger partial charge in [-0.2, -0.15) is 0 Å². The first-order valence-electron chi connectivity index (χ1n) is 4.55. The van der Waals surface area contributed by atoms with Crippen molar-refractivity contribution in [3.63, 3.8) is 0 Å². The molecule has 2 nitrogen and oxygen atoms in total. The van der Waals surface area contributed by atoms with E-state index in [2.05, 4.69) is 38.1 Å². The number of hydrogen-bond acceptors (Lipinski definition) is 2. The van der Waals surface area contributed by atoms with Crippen LogP contribution in [0.2, 0.25) is 0 Å². The summed E-state index contributed by atoms with van der Waals surface area (Å²) in [4.78, 5) is 4.38. The second kappa shape index (κ2) is 3.55. The predicted octanol–water partition coefficient (Wildman–Crippen LogP) is 2.47. The molecule has 2 unspecified atom stereocenters. The SMILES string of the molecule is CC1(c2ccccn2)C=CC=CN1P. The summed E-state index contributed by atoms with van der Waals surface area (Å²) in [6, 6.07) is 5.99. The molecule has 14 heavy (non-hydrogen) atoms. The highest BCUT2D eigenvalue weighted by Crippen LogP contribution is 2.33. The van der Waals surface area contributed by atoms with Crippen LogP contribution in [0.5, 0.6) is 0 Å². The van der Waals surface area contributed by atoms with Gasteiger partial charge in [-0.3, -0.25) is 4.98 Å². The van der Waals surface area contributed by atoms with Gasteiger partial charge in [0.25, 0.3) is 0 Å². The lowest BCUT2D eigenvalue weighted by molar-refractivity contribution is 0.357. The molecule has 0 amide bonds. The summed E-state index contributed by atoms with van der Waals surface area (Å²) < 4.78 is 2.08. The molecule has 1 aliphatic rings. The van der Waals surface area contributed by atoms with Gasteiger partial charge in [0.2, 0.25) is 0 Å². The van der Waals surface area contributed by atoms with Crippen LogP contribution in [0.4, 0.5) is 0 Å². The Morgan fingerprint density at radius 3 is 2.86 bits per heavy atom. The molecule has 0 fully saturated rings. The molecular formula is C11H13N2P. The zero-order chi connectivity index (χ0) is 10.0. The molecule has 2 atom stereocenters. The van der Waals surface area contributed by atoms with Gasteiger partial charge in [-0.15, -0.1) is 0 Å². The first-order valence-corrected chi connectivity index (χ1v) is 5.07. The van der Waals surface area contributed by atoms with Crippen molar-refractivity contribution in [1.82, 2.24) is 9.65 Å². The highest BCUT2D eigenvalue weighted by molar-refractivity contribution is 7.13. The molecule has 2 heterocycles. The fraction of sp³-hybridized carbons (Fsp3) is 0.182. The van der Waals surface area contributed by atoms with E-state index in [1.807, 2.05) is 36.7 Å². The lowest BCUT2D eigenvalue weighted by Crippen LogP contribution is -2.33. The summed E-state index contributed by atoms with van der Waals surface area (Å²) in [5.74, 6) is 0. The van der Waals surface area contributed by atoms with Gasteiger partial charge in [-0.25, -0.2) is 0 Å². The van der Waals surface area contributed by atoms with E-state index in [1.165, 1.54) is 0 Å². The minimum atomic E-state index is -0.152. The Morgan fingerprint density at radius 1 is 1.36 bits per heavy atom. The van der Waals surface area contributed by atoms with Crippen LogP contribution in [-0.4, -0.2) is 9.65 Å². The monoisotopic (exact) mass is 204 g/mol. The Hall–Kier alpha value is -1.14. The van der Waals surface area contributed by atoms with Crippen LogP contribution in [0.3, 0.4) is 0 Å². The first-order chi connectivity index (χ1) is 6.73. The normalized spacial score (nSPS) is 25.4. The smallest absolute Gasteiger partial charge is 0.101 e.